The van der Waals surface area contributed by atoms with E-state index in [-0.39, 0.29) is 0 Å². The number of para-hydroxylation sites is 2. The van der Waals surface area contributed by atoms with Crippen LogP contribution in [-0.2, 0) is 11.3 Å². The van der Waals surface area contributed by atoms with E-state index in [0.29, 0.717) is 24.4 Å². The van der Waals surface area contributed by atoms with E-state index >= 15 is 0 Å². The largest absolute Gasteiger partial charge is 0.494 e. The fourth-order valence-electron chi connectivity index (χ4n) is 2.51. The number of fused-ring (bicyclic) bond motifs is 1. The number of anilines is 1. The standard InChI is InChI=1S/C17H15NO3/c1-2-21-15-10-6-3-7-12(15)11-18-14-9-5-4-8-13(14)16(19)17(18)20/h3-10H,2,11H2,1H3. The van der Waals surface area contributed by atoms with Gasteiger partial charge in [-0.2, -0.15) is 0 Å². The monoisotopic (exact) mass is 281 g/mol. The molecule has 4 nitrogen and oxygen atoms in total. The van der Waals surface area contributed by atoms with E-state index in [4.69, 9.17) is 4.74 Å². The molecule has 21 heavy (non-hydrogen) atoms. The van der Waals surface area contributed by atoms with Crippen LogP contribution in [0.25, 0.3) is 0 Å². The van der Waals surface area contributed by atoms with Crippen LogP contribution in [0.3, 0.4) is 0 Å². The van der Waals surface area contributed by atoms with Crippen molar-refractivity contribution in [2.45, 2.75) is 13.5 Å². The van der Waals surface area contributed by atoms with Crippen molar-refractivity contribution in [1.29, 1.82) is 0 Å². The first kappa shape index (κ1) is 13.4. The van der Waals surface area contributed by atoms with Crippen molar-refractivity contribution in [2.75, 3.05) is 11.5 Å². The van der Waals surface area contributed by atoms with Gasteiger partial charge in [0, 0.05) is 5.56 Å². The Morgan fingerprint density at radius 3 is 2.52 bits per heavy atom. The summed E-state index contributed by atoms with van der Waals surface area (Å²) in [7, 11) is 0. The summed E-state index contributed by atoms with van der Waals surface area (Å²) in [5.74, 6) is -0.188. The summed E-state index contributed by atoms with van der Waals surface area (Å²) in [4.78, 5) is 25.7. The number of nitrogens with zero attached hydrogens (tertiary/aromatic N) is 1. The molecule has 0 N–H and O–H groups in total. The molecule has 0 aliphatic carbocycles. The second kappa shape index (κ2) is 5.40. The Morgan fingerprint density at radius 1 is 1.00 bits per heavy atom. The third-order valence-corrected chi connectivity index (χ3v) is 3.48. The molecule has 1 heterocycles. The lowest BCUT2D eigenvalue weighted by molar-refractivity contribution is -0.114. The van der Waals surface area contributed by atoms with Crippen molar-refractivity contribution in [3.05, 3.63) is 59.7 Å². The number of benzene rings is 2. The summed E-state index contributed by atoms with van der Waals surface area (Å²) >= 11 is 0. The van der Waals surface area contributed by atoms with Crippen molar-refractivity contribution in [1.82, 2.24) is 0 Å². The Bertz CT molecular complexity index is 709. The zero-order chi connectivity index (χ0) is 14.8. The van der Waals surface area contributed by atoms with E-state index in [9.17, 15) is 9.59 Å². The number of ether oxygens (including phenoxy) is 1. The van der Waals surface area contributed by atoms with Crippen molar-refractivity contribution < 1.29 is 14.3 Å². The van der Waals surface area contributed by atoms with Crippen LogP contribution in [0.15, 0.2) is 48.5 Å². The number of Topliss-reactive ketones (excluding diaryl/α,β-unsaturated/α-hetero) is 1. The van der Waals surface area contributed by atoms with Crippen molar-refractivity contribution in [3.8, 4) is 5.75 Å². The van der Waals surface area contributed by atoms with Crippen LogP contribution >= 0.6 is 0 Å². The Kier molecular flexibility index (Phi) is 3.44. The zero-order valence-corrected chi connectivity index (χ0v) is 11.7. The normalized spacial score (nSPS) is 13.5. The van der Waals surface area contributed by atoms with Gasteiger partial charge in [-0.25, -0.2) is 0 Å². The minimum Gasteiger partial charge on any atom is -0.494 e. The van der Waals surface area contributed by atoms with Crippen LogP contribution in [0, 0.1) is 0 Å². The molecule has 0 unspecified atom stereocenters. The maximum atomic E-state index is 12.2. The van der Waals surface area contributed by atoms with Crippen LogP contribution in [0.1, 0.15) is 22.8 Å². The van der Waals surface area contributed by atoms with E-state index in [1.807, 2.05) is 37.3 Å². The predicted molar refractivity (Wildman–Crippen MR) is 79.6 cm³/mol. The zero-order valence-electron chi connectivity index (χ0n) is 11.7. The fourth-order valence-corrected chi connectivity index (χ4v) is 2.51. The van der Waals surface area contributed by atoms with Crippen LogP contribution in [0.5, 0.6) is 5.75 Å². The summed E-state index contributed by atoms with van der Waals surface area (Å²) in [5.41, 5.74) is 2.02. The van der Waals surface area contributed by atoms with Gasteiger partial charge in [0.2, 0.25) is 0 Å². The molecule has 0 spiro atoms. The molecule has 0 saturated heterocycles. The molecular weight excluding hydrogens is 266 g/mol. The highest BCUT2D eigenvalue weighted by atomic mass is 16.5. The summed E-state index contributed by atoms with van der Waals surface area (Å²) in [5, 5.41) is 0. The van der Waals surface area contributed by atoms with Gasteiger partial charge in [-0.3, -0.25) is 9.59 Å². The average molecular weight is 281 g/mol. The molecule has 0 radical (unpaired) electrons. The van der Waals surface area contributed by atoms with Gasteiger partial charge >= 0.3 is 0 Å². The number of carbonyl (C=O) groups excluding carboxylic acids is 2. The van der Waals surface area contributed by atoms with Gasteiger partial charge in [0.25, 0.3) is 11.7 Å². The van der Waals surface area contributed by atoms with E-state index in [2.05, 4.69) is 0 Å². The number of ketones is 1. The lowest BCUT2D eigenvalue weighted by Gasteiger charge is -2.18. The Balaban J connectivity index is 1.96. The van der Waals surface area contributed by atoms with Gasteiger partial charge in [-0.05, 0) is 25.1 Å². The molecule has 1 amide bonds. The summed E-state index contributed by atoms with van der Waals surface area (Å²) in [6, 6.07) is 14.6. The van der Waals surface area contributed by atoms with Crippen LogP contribution in [0.4, 0.5) is 5.69 Å². The Labute approximate surface area is 123 Å². The van der Waals surface area contributed by atoms with Gasteiger partial charge in [-0.1, -0.05) is 30.3 Å². The molecule has 0 aromatic heterocycles. The van der Waals surface area contributed by atoms with Crippen molar-refractivity contribution >= 4 is 17.4 Å². The van der Waals surface area contributed by atoms with Crippen molar-refractivity contribution in [3.63, 3.8) is 0 Å². The molecule has 2 aromatic carbocycles. The van der Waals surface area contributed by atoms with E-state index < -0.39 is 11.7 Å². The first-order valence-electron chi connectivity index (χ1n) is 6.88. The van der Waals surface area contributed by atoms with E-state index in [1.54, 1.807) is 18.2 Å². The minimum absolute atomic E-state index is 0.331. The average Bonchev–Trinajstić information content (AvgIpc) is 2.75. The van der Waals surface area contributed by atoms with Gasteiger partial charge in [-0.15, -0.1) is 0 Å². The maximum Gasteiger partial charge on any atom is 0.299 e. The summed E-state index contributed by atoms with van der Waals surface area (Å²) < 4.78 is 5.57. The van der Waals surface area contributed by atoms with Crippen molar-refractivity contribution in [2.24, 2.45) is 0 Å². The molecular formula is C17H15NO3. The molecule has 0 atom stereocenters. The highest BCUT2D eigenvalue weighted by Gasteiger charge is 2.35. The van der Waals surface area contributed by atoms with Gasteiger partial charge in [0.1, 0.15) is 5.75 Å². The number of hydrogen-bond acceptors (Lipinski definition) is 3. The van der Waals surface area contributed by atoms with Crippen LogP contribution in [-0.4, -0.2) is 18.3 Å². The topological polar surface area (TPSA) is 46.6 Å². The second-order valence-electron chi connectivity index (χ2n) is 4.78. The first-order chi connectivity index (χ1) is 10.2. The Hall–Kier alpha value is -2.62. The number of hydrogen-bond donors (Lipinski definition) is 0. The molecule has 1 aliphatic heterocycles. The predicted octanol–water partition coefficient (Wildman–Crippen LogP) is 2.81. The lowest BCUT2D eigenvalue weighted by atomic mass is 10.1. The minimum atomic E-state index is -0.484. The highest BCUT2D eigenvalue weighted by molar-refractivity contribution is 6.52. The summed E-state index contributed by atoms with van der Waals surface area (Å²) in [6.07, 6.45) is 0. The molecule has 3 rings (SSSR count). The lowest BCUT2D eigenvalue weighted by Crippen LogP contribution is -2.29. The van der Waals surface area contributed by atoms with E-state index in [1.165, 1.54) is 4.90 Å². The molecule has 0 saturated carbocycles. The maximum absolute atomic E-state index is 12.2. The highest BCUT2D eigenvalue weighted by Crippen LogP contribution is 2.31. The molecule has 4 heteroatoms. The van der Waals surface area contributed by atoms with E-state index in [0.717, 1.165) is 11.3 Å². The fraction of sp³-hybridized carbons (Fsp3) is 0.176. The second-order valence-corrected chi connectivity index (χ2v) is 4.78. The van der Waals surface area contributed by atoms with Crippen LogP contribution < -0.4 is 9.64 Å². The summed E-state index contributed by atoms with van der Waals surface area (Å²) in [6.45, 7) is 2.80. The molecule has 106 valence electrons. The third kappa shape index (κ3) is 2.29. The number of rotatable bonds is 4. The first-order valence-corrected chi connectivity index (χ1v) is 6.88. The molecule has 1 aliphatic rings. The molecule has 0 bridgehead atoms. The quantitative estimate of drug-likeness (QED) is 0.810. The van der Waals surface area contributed by atoms with Gasteiger partial charge in [0.05, 0.1) is 24.4 Å². The molecule has 0 fully saturated rings. The smallest absolute Gasteiger partial charge is 0.299 e. The van der Waals surface area contributed by atoms with Gasteiger partial charge in [0.15, 0.2) is 0 Å². The number of carbonyl (C=O) groups is 2. The third-order valence-electron chi connectivity index (χ3n) is 3.48. The molecule has 2 aromatic rings. The van der Waals surface area contributed by atoms with Crippen LogP contribution in [0.2, 0.25) is 0 Å². The van der Waals surface area contributed by atoms with Gasteiger partial charge < -0.3 is 9.64 Å². The SMILES string of the molecule is CCOc1ccccc1CN1C(=O)C(=O)c2ccccc21. The number of amides is 1. The Morgan fingerprint density at radius 2 is 1.71 bits per heavy atom.